The third-order valence-electron chi connectivity index (χ3n) is 2.42. The number of para-hydroxylation sites is 2. The first-order valence-electron chi connectivity index (χ1n) is 6.47. The average molecular weight is 355 g/mol. The maximum atomic E-state index is 5.97. The van der Waals surface area contributed by atoms with Crippen LogP contribution in [0.5, 0.6) is 11.5 Å². The molecule has 0 bridgehead atoms. The van der Waals surface area contributed by atoms with Gasteiger partial charge in [-0.25, -0.2) is 0 Å². The lowest BCUT2D eigenvalue weighted by Crippen LogP contribution is -2.04. The number of hydrogen-bond donors (Lipinski definition) is 0. The van der Waals surface area contributed by atoms with Gasteiger partial charge in [0.1, 0.15) is 11.5 Å². The Morgan fingerprint density at radius 3 is 1.55 bits per heavy atom. The molecule has 0 N–H and O–H groups in total. The van der Waals surface area contributed by atoms with Gasteiger partial charge in [-0.1, -0.05) is 50.2 Å². The van der Waals surface area contributed by atoms with Crippen LogP contribution < -0.4 is 9.05 Å². The monoisotopic (exact) mass is 354 g/mol. The lowest BCUT2D eigenvalue weighted by atomic mass is 10.3. The molecule has 0 radical (unpaired) electrons. The Morgan fingerprint density at radius 1 is 0.800 bits per heavy atom. The zero-order valence-corrected chi connectivity index (χ0v) is 14.3. The van der Waals surface area contributed by atoms with E-state index in [1.807, 2.05) is 60.7 Å². The second-order valence-corrected chi connectivity index (χ2v) is 6.11. The highest BCUT2D eigenvalue weighted by Crippen LogP contribution is 2.41. The van der Waals surface area contributed by atoms with Crippen molar-refractivity contribution in [3.63, 3.8) is 0 Å². The van der Waals surface area contributed by atoms with Crippen LogP contribution in [0.25, 0.3) is 0 Å². The molecule has 108 valence electrons. The quantitative estimate of drug-likeness (QED) is 0.620. The fraction of sp³-hybridized carbons (Fsp3) is 0.250. The van der Waals surface area contributed by atoms with Gasteiger partial charge in [0.05, 0.1) is 0 Å². The van der Waals surface area contributed by atoms with E-state index in [1.165, 1.54) is 0 Å². The zero-order valence-electron chi connectivity index (χ0n) is 11.7. The normalized spacial score (nSPS) is 10.2. The summed E-state index contributed by atoms with van der Waals surface area (Å²) in [5.41, 5.74) is 0. The van der Waals surface area contributed by atoms with Crippen LogP contribution in [0.2, 0.25) is 0 Å². The molecule has 0 aromatic heterocycles. The molecule has 0 aliphatic heterocycles. The van der Waals surface area contributed by atoms with Crippen LogP contribution in [-0.2, 0) is 0 Å². The second kappa shape index (κ2) is 8.99. The average Bonchev–Trinajstić information content (AvgIpc) is 2.40. The first-order valence-corrected chi connectivity index (χ1v) is 7.84. The molecule has 2 aromatic rings. The molecule has 0 aliphatic carbocycles. The van der Waals surface area contributed by atoms with Gasteiger partial charge in [0.25, 0.3) is 8.38 Å². The predicted molar refractivity (Wildman–Crippen MR) is 91.1 cm³/mol. The van der Waals surface area contributed by atoms with Crippen molar-refractivity contribution in [2.75, 3.05) is 6.16 Å². The molecule has 2 rings (SSSR count). The minimum Gasteiger partial charge on any atom is -0.439 e. The Bertz CT molecular complexity index is 435. The van der Waals surface area contributed by atoms with E-state index >= 15 is 0 Å². The van der Waals surface area contributed by atoms with E-state index in [4.69, 9.17) is 9.05 Å². The van der Waals surface area contributed by atoms with Crippen molar-refractivity contribution in [2.24, 2.45) is 5.92 Å². The van der Waals surface area contributed by atoms with Crippen LogP contribution in [0.15, 0.2) is 60.7 Å². The van der Waals surface area contributed by atoms with Crippen molar-refractivity contribution in [1.29, 1.82) is 0 Å². The summed E-state index contributed by atoms with van der Waals surface area (Å²) in [6.45, 7) is 4.36. The van der Waals surface area contributed by atoms with Crippen LogP contribution >= 0.6 is 25.4 Å². The third kappa shape index (κ3) is 5.94. The maximum absolute atomic E-state index is 5.97. The summed E-state index contributed by atoms with van der Waals surface area (Å²) < 4.78 is 11.9. The minimum atomic E-state index is -0.953. The van der Waals surface area contributed by atoms with Crippen LogP contribution in [0.1, 0.15) is 13.8 Å². The van der Waals surface area contributed by atoms with Crippen molar-refractivity contribution in [2.45, 2.75) is 13.8 Å². The van der Waals surface area contributed by atoms with E-state index in [-0.39, 0.29) is 17.0 Å². The van der Waals surface area contributed by atoms with Crippen LogP contribution in [0.4, 0.5) is 0 Å². The summed E-state index contributed by atoms with van der Waals surface area (Å²) in [6.07, 6.45) is 0.916. The van der Waals surface area contributed by atoms with E-state index < -0.39 is 8.38 Å². The molecule has 4 heteroatoms. The van der Waals surface area contributed by atoms with Crippen LogP contribution in [0.3, 0.4) is 0 Å². The van der Waals surface area contributed by atoms with Gasteiger partial charge >= 0.3 is 0 Å². The van der Waals surface area contributed by atoms with Crippen molar-refractivity contribution in [1.82, 2.24) is 0 Å². The van der Waals surface area contributed by atoms with Crippen molar-refractivity contribution in [3.05, 3.63) is 60.7 Å². The number of benzene rings is 2. The Balaban J connectivity index is 0.00000200. The predicted octanol–water partition coefficient (Wildman–Crippen LogP) is 5.69. The van der Waals surface area contributed by atoms with E-state index in [9.17, 15) is 0 Å². The summed E-state index contributed by atoms with van der Waals surface area (Å²) in [6, 6.07) is 19.7. The third-order valence-corrected chi connectivity index (χ3v) is 4.27. The smallest absolute Gasteiger partial charge is 0.290 e. The first-order chi connectivity index (χ1) is 9.24. The highest BCUT2D eigenvalue weighted by Gasteiger charge is 2.16. The molecule has 2 aromatic carbocycles. The van der Waals surface area contributed by atoms with Gasteiger partial charge in [0.15, 0.2) is 0 Å². The molecule has 0 unspecified atom stereocenters. The largest absolute Gasteiger partial charge is 0.439 e. The van der Waals surface area contributed by atoms with Gasteiger partial charge in [-0.05, 0) is 30.2 Å². The molecule has 0 atom stereocenters. The summed E-state index contributed by atoms with van der Waals surface area (Å²) in [4.78, 5) is 0. The standard InChI is InChI=1S/C16H19O2P.BrH/c1-14(2)13-19(17-15-9-5-3-6-10-15)18-16-11-7-4-8-12-16;/h3-12,14H,13H2,1-2H3;1H. The van der Waals surface area contributed by atoms with Crippen molar-refractivity contribution in [3.8, 4) is 11.5 Å². The molecular formula is C16H20BrO2P. The van der Waals surface area contributed by atoms with E-state index in [2.05, 4.69) is 13.8 Å². The number of hydrogen-bond acceptors (Lipinski definition) is 2. The van der Waals surface area contributed by atoms with Crippen LogP contribution in [-0.4, -0.2) is 6.16 Å². The fourth-order valence-corrected chi connectivity index (χ4v) is 3.09. The Kier molecular flexibility index (Phi) is 7.64. The molecule has 0 saturated heterocycles. The Labute approximate surface area is 132 Å². The molecule has 20 heavy (non-hydrogen) atoms. The Morgan fingerprint density at radius 2 is 1.20 bits per heavy atom. The summed E-state index contributed by atoms with van der Waals surface area (Å²) >= 11 is 0. The zero-order chi connectivity index (χ0) is 13.5. The molecule has 0 amide bonds. The lowest BCUT2D eigenvalue weighted by Gasteiger charge is -2.20. The Hall–Kier alpha value is -1.05. The van der Waals surface area contributed by atoms with E-state index in [0.29, 0.717) is 5.92 Å². The highest BCUT2D eigenvalue weighted by atomic mass is 79.9. The lowest BCUT2D eigenvalue weighted by molar-refractivity contribution is 0.479. The first kappa shape index (κ1) is 17.0. The molecule has 0 fully saturated rings. The number of rotatable bonds is 6. The molecule has 2 nitrogen and oxygen atoms in total. The van der Waals surface area contributed by atoms with Gasteiger partial charge in [0.2, 0.25) is 0 Å². The molecular weight excluding hydrogens is 335 g/mol. The topological polar surface area (TPSA) is 18.5 Å². The summed E-state index contributed by atoms with van der Waals surface area (Å²) in [5.74, 6) is 2.27. The SMILES string of the molecule is Br.CC(C)CP(Oc1ccccc1)Oc1ccccc1. The van der Waals surface area contributed by atoms with E-state index in [1.54, 1.807) is 0 Å². The minimum absolute atomic E-state index is 0. The maximum Gasteiger partial charge on any atom is 0.290 e. The molecule has 0 spiro atoms. The van der Waals surface area contributed by atoms with Crippen molar-refractivity contribution < 1.29 is 9.05 Å². The number of halogens is 1. The van der Waals surface area contributed by atoms with Crippen molar-refractivity contribution >= 4 is 25.4 Å². The van der Waals surface area contributed by atoms with Gasteiger partial charge in [-0.15, -0.1) is 17.0 Å². The van der Waals surface area contributed by atoms with Crippen LogP contribution in [0, 0.1) is 5.92 Å². The van der Waals surface area contributed by atoms with Gasteiger partial charge in [-0.2, -0.15) is 0 Å². The molecule has 0 heterocycles. The highest BCUT2D eigenvalue weighted by molar-refractivity contribution is 8.93. The van der Waals surface area contributed by atoms with E-state index in [0.717, 1.165) is 17.7 Å². The van der Waals surface area contributed by atoms with Gasteiger partial charge in [-0.3, -0.25) is 0 Å². The molecule has 0 saturated carbocycles. The summed E-state index contributed by atoms with van der Waals surface area (Å²) in [5, 5.41) is 0. The summed E-state index contributed by atoms with van der Waals surface area (Å²) in [7, 11) is -0.953. The second-order valence-electron chi connectivity index (χ2n) is 4.72. The fourth-order valence-electron chi connectivity index (χ4n) is 1.59. The van der Waals surface area contributed by atoms with Gasteiger partial charge < -0.3 is 9.05 Å². The van der Waals surface area contributed by atoms with Gasteiger partial charge in [0, 0.05) is 6.16 Å². The molecule has 0 aliphatic rings.